The molecular weight excluding hydrogens is 366 g/mol. The lowest BCUT2D eigenvalue weighted by Gasteiger charge is -2.42. The van der Waals surface area contributed by atoms with E-state index in [4.69, 9.17) is 4.74 Å². The summed E-state index contributed by atoms with van der Waals surface area (Å²) >= 11 is 0. The van der Waals surface area contributed by atoms with E-state index in [1.54, 1.807) is 17.7 Å². The molecule has 2 aliphatic rings. The quantitative estimate of drug-likeness (QED) is 0.766. The van der Waals surface area contributed by atoms with Gasteiger partial charge in [0, 0.05) is 39.5 Å². The number of hydrogen-bond donors (Lipinski definition) is 1. The molecule has 0 radical (unpaired) electrons. The third kappa shape index (κ3) is 3.68. The van der Waals surface area contributed by atoms with Gasteiger partial charge in [0.2, 0.25) is 10.0 Å². The van der Waals surface area contributed by atoms with Crippen molar-refractivity contribution in [1.29, 1.82) is 0 Å². The van der Waals surface area contributed by atoms with Gasteiger partial charge < -0.3 is 14.6 Å². The predicted molar refractivity (Wildman–Crippen MR) is 104 cm³/mol. The minimum Gasteiger partial charge on any atom is -0.384 e. The molecule has 4 rings (SSSR count). The van der Waals surface area contributed by atoms with Crippen LogP contribution in [-0.2, 0) is 14.8 Å². The Bertz CT molecular complexity index is 893. The van der Waals surface area contributed by atoms with Crippen molar-refractivity contribution in [1.82, 2.24) is 19.3 Å². The average molecular weight is 394 g/mol. The van der Waals surface area contributed by atoms with Crippen LogP contribution in [0.1, 0.15) is 19.3 Å². The van der Waals surface area contributed by atoms with E-state index in [-0.39, 0.29) is 11.7 Å². The maximum absolute atomic E-state index is 12.7. The van der Waals surface area contributed by atoms with Crippen LogP contribution in [0, 0.1) is 11.8 Å². The number of anilines is 1. The molecule has 0 bridgehead atoms. The summed E-state index contributed by atoms with van der Waals surface area (Å²) in [5, 5.41) is 0.998. The van der Waals surface area contributed by atoms with E-state index in [9.17, 15) is 8.42 Å². The lowest BCUT2D eigenvalue weighted by atomic mass is 9.81. The minimum atomic E-state index is -3.18. The summed E-state index contributed by atoms with van der Waals surface area (Å²) in [6, 6.07) is 2.30. The Morgan fingerprint density at radius 1 is 1.33 bits per heavy atom. The predicted octanol–water partition coefficient (Wildman–Crippen LogP) is 1.47. The van der Waals surface area contributed by atoms with Gasteiger partial charge in [-0.15, -0.1) is 0 Å². The fourth-order valence-corrected chi connectivity index (χ4v) is 6.19. The number of nitrogens with zero attached hydrogens (tertiary/aromatic N) is 4. The van der Waals surface area contributed by atoms with E-state index in [1.165, 1.54) is 0 Å². The molecule has 1 unspecified atom stereocenters. The molecule has 27 heavy (non-hydrogen) atoms. The average Bonchev–Trinajstić information content (AvgIpc) is 3.26. The Hall–Kier alpha value is -1.71. The third-order valence-corrected chi connectivity index (χ3v) is 7.93. The Morgan fingerprint density at radius 2 is 2.15 bits per heavy atom. The lowest BCUT2D eigenvalue weighted by Crippen LogP contribution is -2.46. The summed E-state index contributed by atoms with van der Waals surface area (Å²) in [6.07, 6.45) is 6.07. The van der Waals surface area contributed by atoms with Crippen molar-refractivity contribution < 1.29 is 13.2 Å². The van der Waals surface area contributed by atoms with Crippen LogP contribution in [0.15, 0.2) is 18.6 Å². The number of rotatable bonds is 7. The molecule has 1 atom stereocenters. The maximum atomic E-state index is 12.7. The van der Waals surface area contributed by atoms with Crippen molar-refractivity contribution in [3.63, 3.8) is 0 Å². The second kappa shape index (κ2) is 7.37. The van der Waals surface area contributed by atoms with Crippen molar-refractivity contribution >= 4 is 26.9 Å². The molecule has 1 saturated carbocycles. The second-order valence-electron chi connectivity index (χ2n) is 7.79. The van der Waals surface area contributed by atoms with Crippen LogP contribution in [0.2, 0.25) is 0 Å². The van der Waals surface area contributed by atoms with Crippen molar-refractivity contribution in [2.45, 2.75) is 25.3 Å². The summed E-state index contributed by atoms with van der Waals surface area (Å²) < 4.78 is 32.3. The molecule has 2 fully saturated rings. The van der Waals surface area contributed by atoms with E-state index in [0.29, 0.717) is 31.7 Å². The zero-order chi connectivity index (χ0) is 19.0. The van der Waals surface area contributed by atoms with E-state index in [0.717, 1.165) is 36.1 Å². The fourth-order valence-electron chi connectivity index (χ4n) is 4.29. The molecule has 1 aliphatic carbocycles. The fraction of sp³-hybridized carbons (Fsp3) is 0.667. The van der Waals surface area contributed by atoms with E-state index < -0.39 is 10.0 Å². The Balaban J connectivity index is 1.34. The van der Waals surface area contributed by atoms with Gasteiger partial charge in [-0.3, -0.25) is 0 Å². The molecule has 1 aliphatic heterocycles. The van der Waals surface area contributed by atoms with Gasteiger partial charge in [-0.1, -0.05) is 0 Å². The topological polar surface area (TPSA) is 91.4 Å². The Kier molecular flexibility index (Phi) is 5.09. The van der Waals surface area contributed by atoms with E-state index in [2.05, 4.69) is 19.9 Å². The Morgan fingerprint density at radius 3 is 2.93 bits per heavy atom. The molecule has 2 aromatic rings. The van der Waals surface area contributed by atoms with Crippen molar-refractivity contribution in [2.75, 3.05) is 44.5 Å². The van der Waals surface area contributed by atoms with Crippen molar-refractivity contribution in [2.24, 2.45) is 11.8 Å². The summed E-state index contributed by atoms with van der Waals surface area (Å²) in [5.74, 6) is 1.69. The van der Waals surface area contributed by atoms with Crippen LogP contribution in [0.25, 0.3) is 11.0 Å². The van der Waals surface area contributed by atoms with Crippen LogP contribution >= 0.6 is 0 Å². The number of fused-ring (bicyclic) bond motifs is 1. The number of aromatic amines is 1. The zero-order valence-corrected chi connectivity index (χ0v) is 16.7. The summed E-state index contributed by atoms with van der Waals surface area (Å²) in [6.45, 7) is 1.85. The first-order chi connectivity index (χ1) is 13.0. The van der Waals surface area contributed by atoms with E-state index >= 15 is 0 Å². The number of nitrogens with one attached hydrogen (secondary N) is 1. The van der Waals surface area contributed by atoms with Crippen LogP contribution in [-0.4, -0.2) is 73.3 Å². The summed E-state index contributed by atoms with van der Waals surface area (Å²) in [4.78, 5) is 13.9. The highest BCUT2D eigenvalue weighted by atomic mass is 32.2. The molecule has 1 saturated heterocycles. The van der Waals surface area contributed by atoms with Gasteiger partial charge in [0.25, 0.3) is 0 Å². The summed E-state index contributed by atoms with van der Waals surface area (Å²) in [7, 11) is 0.513. The van der Waals surface area contributed by atoms with Crippen LogP contribution in [0.4, 0.5) is 5.82 Å². The highest BCUT2D eigenvalue weighted by Gasteiger charge is 2.39. The number of hydrogen-bond acceptors (Lipinski definition) is 6. The molecule has 2 aromatic heterocycles. The number of aromatic nitrogens is 3. The molecule has 148 valence electrons. The second-order valence-corrected chi connectivity index (χ2v) is 9.80. The number of H-pyrrole nitrogens is 1. The van der Waals surface area contributed by atoms with Crippen molar-refractivity contribution in [3.05, 3.63) is 18.6 Å². The minimum absolute atomic E-state index is 0.215. The molecular formula is C18H27N5O3S. The molecule has 8 nitrogen and oxygen atoms in total. The standard InChI is InChI=1S/C18H27N5O3S/c1-22(18-16-3-5-19-17(16)20-12-21-18)15-7-14(8-15)11-27(24,25)23-6-4-13(9-23)10-26-2/h3,5,12-15H,4,6-11H2,1-2H3,(H,19,20,21)/t13?,14-,15+. The largest absolute Gasteiger partial charge is 0.384 e. The number of ether oxygens (including phenoxy) is 1. The van der Waals surface area contributed by atoms with Gasteiger partial charge in [0.05, 0.1) is 17.7 Å². The highest BCUT2D eigenvalue weighted by molar-refractivity contribution is 7.89. The normalized spacial score (nSPS) is 26.4. The van der Waals surface area contributed by atoms with Gasteiger partial charge in [-0.2, -0.15) is 0 Å². The van der Waals surface area contributed by atoms with Gasteiger partial charge in [0.15, 0.2) is 0 Å². The molecule has 0 amide bonds. The van der Waals surface area contributed by atoms with Gasteiger partial charge in [0.1, 0.15) is 17.8 Å². The zero-order valence-electron chi connectivity index (χ0n) is 15.8. The first kappa shape index (κ1) is 18.6. The van der Waals surface area contributed by atoms with Gasteiger partial charge >= 0.3 is 0 Å². The maximum Gasteiger partial charge on any atom is 0.214 e. The van der Waals surface area contributed by atoms with Crippen LogP contribution in [0.5, 0.6) is 0 Å². The number of methoxy groups -OCH3 is 1. The molecule has 0 spiro atoms. The first-order valence-electron chi connectivity index (χ1n) is 9.45. The molecule has 9 heteroatoms. The van der Waals surface area contributed by atoms with Gasteiger partial charge in [-0.25, -0.2) is 22.7 Å². The third-order valence-electron chi connectivity index (χ3n) is 5.92. The van der Waals surface area contributed by atoms with Crippen LogP contribution < -0.4 is 4.90 Å². The van der Waals surface area contributed by atoms with Crippen LogP contribution in [0.3, 0.4) is 0 Å². The first-order valence-corrected chi connectivity index (χ1v) is 11.1. The molecule has 0 aromatic carbocycles. The van der Waals surface area contributed by atoms with Crippen molar-refractivity contribution in [3.8, 4) is 0 Å². The lowest BCUT2D eigenvalue weighted by molar-refractivity contribution is 0.157. The molecule has 1 N–H and O–H groups in total. The smallest absolute Gasteiger partial charge is 0.214 e. The monoisotopic (exact) mass is 393 g/mol. The number of sulfonamides is 1. The SMILES string of the molecule is COCC1CCN(S(=O)(=O)C[C@H]2C[C@@H](N(C)c3ncnc4[nH]ccc34)C2)C1. The highest BCUT2D eigenvalue weighted by Crippen LogP contribution is 2.36. The molecule has 3 heterocycles. The van der Waals surface area contributed by atoms with Gasteiger partial charge in [-0.05, 0) is 37.2 Å². The van der Waals surface area contributed by atoms with E-state index in [1.807, 2.05) is 19.3 Å². The Labute approximate surface area is 160 Å². The summed E-state index contributed by atoms with van der Waals surface area (Å²) in [5.41, 5.74) is 0.824.